The Morgan fingerprint density at radius 1 is 1.18 bits per heavy atom. The zero-order valence-corrected chi connectivity index (χ0v) is 16.3. The molecule has 9 heteroatoms. The second-order valence-corrected chi connectivity index (χ2v) is 6.86. The molecule has 0 aromatic heterocycles. The summed E-state index contributed by atoms with van der Waals surface area (Å²) in [5.74, 6) is -1.64. The summed E-state index contributed by atoms with van der Waals surface area (Å²) < 4.78 is 43.3. The molecule has 0 saturated heterocycles. The molecule has 150 valence electrons. The average Bonchev–Trinajstić information content (AvgIpc) is 2.65. The second-order valence-electron chi connectivity index (χ2n) is 5.94. The number of benzene rings is 2. The second kappa shape index (κ2) is 9.20. The van der Waals surface area contributed by atoms with Gasteiger partial charge in [-0.25, -0.2) is 4.79 Å². The molecule has 2 atom stereocenters. The predicted molar refractivity (Wildman–Crippen MR) is 98.2 cm³/mol. The smallest absolute Gasteiger partial charge is 0.416 e. The van der Waals surface area contributed by atoms with Crippen molar-refractivity contribution in [2.24, 2.45) is 0 Å². The van der Waals surface area contributed by atoms with Gasteiger partial charge in [-0.2, -0.15) is 13.2 Å². The quantitative estimate of drug-likeness (QED) is 0.649. The maximum absolute atomic E-state index is 12.6. The minimum atomic E-state index is -4.52. The van der Waals surface area contributed by atoms with Crippen LogP contribution in [-0.4, -0.2) is 30.1 Å². The summed E-state index contributed by atoms with van der Waals surface area (Å²) in [4.78, 5) is 24.3. The Kier molecular flexibility index (Phi) is 7.20. The third kappa shape index (κ3) is 5.80. The Morgan fingerprint density at radius 2 is 1.82 bits per heavy atom. The summed E-state index contributed by atoms with van der Waals surface area (Å²) in [6.07, 6.45) is -6.15. The maximum Gasteiger partial charge on any atom is 0.416 e. The van der Waals surface area contributed by atoms with Crippen LogP contribution in [0, 0.1) is 0 Å². The van der Waals surface area contributed by atoms with Gasteiger partial charge in [-0.15, -0.1) is 0 Å². The molecule has 5 nitrogen and oxygen atoms in total. The molecule has 0 bridgehead atoms. The summed E-state index contributed by atoms with van der Waals surface area (Å²) in [7, 11) is 1.16. The fourth-order valence-electron chi connectivity index (χ4n) is 2.49. The van der Waals surface area contributed by atoms with E-state index in [2.05, 4.69) is 26.0 Å². The molecular formula is C19H17BrF3NO4. The van der Waals surface area contributed by atoms with Crippen LogP contribution < -0.4 is 5.32 Å². The van der Waals surface area contributed by atoms with Gasteiger partial charge >= 0.3 is 12.1 Å². The van der Waals surface area contributed by atoms with E-state index >= 15 is 0 Å². The van der Waals surface area contributed by atoms with Crippen molar-refractivity contribution in [3.63, 3.8) is 0 Å². The van der Waals surface area contributed by atoms with Gasteiger partial charge in [0.1, 0.15) is 6.04 Å². The SMILES string of the molecule is COC(=O)[C@@H](Cc1cccc(Br)c1)NC(=O)[C@H](O)c1ccc(C(F)(F)F)cc1. The predicted octanol–water partition coefficient (Wildman–Crippen LogP) is 3.40. The van der Waals surface area contributed by atoms with E-state index in [-0.39, 0.29) is 12.0 Å². The average molecular weight is 460 g/mol. The lowest BCUT2D eigenvalue weighted by Crippen LogP contribution is -2.45. The summed E-state index contributed by atoms with van der Waals surface area (Å²) in [6, 6.07) is 9.54. The maximum atomic E-state index is 12.6. The molecule has 0 aliphatic heterocycles. The van der Waals surface area contributed by atoms with Crippen molar-refractivity contribution < 1.29 is 32.6 Å². The van der Waals surface area contributed by atoms with Crippen molar-refractivity contribution in [3.8, 4) is 0 Å². The Balaban J connectivity index is 2.12. The topological polar surface area (TPSA) is 75.6 Å². The largest absolute Gasteiger partial charge is 0.467 e. The van der Waals surface area contributed by atoms with Gasteiger partial charge in [-0.3, -0.25) is 4.79 Å². The van der Waals surface area contributed by atoms with Crippen molar-refractivity contribution in [2.75, 3.05) is 7.11 Å². The van der Waals surface area contributed by atoms with Gasteiger partial charge in [0.15, 0.2) is 6.10 Å². The molecule has 0 spiro atoms. The van der Waals surface area contributed by atoms with Crippen LogP contribution in [0.15, 0.2) is 53.0 Å². The minimum absolute atomic E-state index is 0.0310. The first-order valence-electron chi connectivity index (χ1n) is 8.09. The van der Waals surface area contributed by atoms with Crippen LogP contribution >= 0.6 is 15.9 Å². The number of alkyl halides is 3. The van der Waals surface area contributed by atoms with Gasteiger partial charge in [0, 0.05) is 10.9 Å². The molecule has 2 rings (SSSR count). The van der Waals surface area contributed by atoms with E-state index in [1.54, 1.807) is 24.3 Å². The third-order valence-electron chi connectivity index (χ3n) is 3.93. The first kappa shape index (κ1) is 21.9. The lowest BCUT2D eigenvalue weighted by Gasteiger charge is -2.19. The van der Waals surface area contributed by atoms with Crippen LogP contribution in [0.1, 0.15) is 22.8 Å². The number of carbonyl (C=O) groups excluding carboxylic acids is 2. The third-order valence-corrected chi connectivity index (χ3v) is 4.43. The summed E-state index contributed by atoms with van der Waals surface area (Å²) in [5, 5.41) is 12.5. The number of hydrogen-bond donors (Lipinski definition) is 2. The van der Waals surface area contributed by atoms with Crippen LogP contribution in [0.25, 0.3) is 0 Å². The van der Waals surface area contributed by atoms with E-state index < -0.39 is 35.8 Å². The number of aliphatic hydroxyl groups is 1. The molecule has 0 radical (unpaired) electrons. The standard InChI is InChI=1S/C19H17BrF3NO4/c1-28-18(27)15(10-11-3-2-4-14(20)9-11)24-17(26)16(25)12-5-7-13(8-6-12)19(21,22)23/h2-9,15-16,25H,10H2,1H3,(H,24,26)/t15-,16-/m1/s1. The number of esters is 1. The Labute approximate surface area is 167 Å². The van der Waals surface area contributed by atoms with Gasteiger partial charge in [-0.05, 0) is 35.4 Å². The van der Waals surface area contributed by atoms with Crippen LogP contribution in [0.5, 0.6) is 0 Å². The van der Waals surface area contributed by atoms with Crippen molar-refractivity contribution in [1.29, 1.82) is 0 Å². The fourth-order valence-corrected chi connectivity index (χ4v) is 2.94. The van der Waals surface area contributed by atoms with Gasteiger partial charge in [-0.1, -0.05) is 40.2 Å². The molecule has 0 aliphatic carbocycles. The first-order valence-corrected chi connectivity index (χ1v) is 8.89. The molecule has 0 unspecified atom stereocenters. The number of methoxy groups -OCH3 is 1. The summed E-state index contributed by atoms with van der Waals surface area (Å²) in [6.45, 7) is 0. The highest BCUT2D eigenvalue weighted by Crippen LogP contribution is 2.30. The Hall–Kier alpha value is -2.39. The number of hydrogen-bond acceptors (Lipinski definition) is 4. The molecule has 2 aromatic rings. The van der Waals surface area contributed by atoms with Gasteiger partial charge < -0.3 is 15.2 Å². The highest BCUT2D eigenvalue weighted by molar-refractivity contribution is 9.10. The zero-order valence-electron chi connectivity index (χ0n) is 14.7. The van der Waals surface area contributed by atoms with Gasteiger partial charge in [0.25, 0.3) is 5.91 Å². The molecule has 0 aliphatic rings. The molecular weight excluding hydrogens is 443 g/mol. The molecule has 0 heterocycles. The van der Waals surface area contributed by atoms with Crippen molar-refractivity contribution in [1.82, 2.24) is 5.32 Å². The van der Waals surface area contributed by atoms with Crippen molar-refractivity contribution in [2.45, 2.75) is 24.7 Å². The van der Waals surface area contributed by atoms with Crippen LogP contribution in [0.4, 0.5) is 13.2 Å². The Morgan fingerprint density at radius 3 is 2.36 bits per heavy atom. The number of carbonyl (C=O) groups is 2. The Bertz CT molecular complexity index is 840. The number of aliphatic hydroxyl groups excluding tert-OH is 1. The molecule has 1 amide bonds. The molecule has 2 N–H and O–H groups in total. The van der Waals surface area contributed by atoms with Gasteiger partial charge in [0.05, 0.1) is 12.7 Å². The normalized spacial score (nSPS) is 13.5. The van der Waals surface area contributed by atoms with E-state index in [1.165, 1.54) is 0 Å². The first-order chi connectivity index (χ1) is 13.1. The summed E-state index contributed by atoms with van der Waals surface area (Å²) >= 11 is 3.31. The molecule has 2 aromatic carbocycles. The molecule has 0 saturated carbocycles. The highest BCUT2D eigenvalue weighted by Gasteiger charge is 2.31. The van der Waals surface area contributed by atoms with Crippen LogP contribution in [0.2, 0.25) is 0 Å². The number of amides is 1. The van der Waals surface area contributed by atoms with E-state index in [1.807, 2.05) is 0 Å². The molecule has 0 fully saturated rings. The summed E-state index contributed by atoms with van der Waals surface area (Å²) in [5.41, 5.74) is -0.198. The number of nitrogens with one attached hydrogen (secondary N) is 1. The highest BCUT2D eigenvalue weighted by atomic mass is 79.9. The van der Waals surface area contributed by atoms with Crippen molar-refractivity contribution in [3.05, 3.63) is 69.7 Å². The monoisotopic (exact) mass is 459 g/mol. The van der Waals surface area contributed by atoms with Crippen LogP contribution in [-0.2, 0) is 26.9 Å². The number of ether oxygens (including phenoxy) is 1. The van der Waals surface area contributed by atoms with E-state index in [0.29, 0.717) is 0 Å². The molecule has 28 heavy (non-hydrogen) atoms. The lowest BCUT2D eigenvalue weighted by atomic mass is 10.0. The lowest BCUT2D eigenvalue weighted by molar-refractivity contribution is -0.146. The van der Waals surface area contributed by atoms with E-state index in [9.17, 15) is 27.9 Å². The van der Waals surface area contributed by atoms with E-state index in [0.717, 1.165) is 41.4 Å². The number of rotatable bonds is 6. The van der Waals surface area contributed by atoms with Crippen molar-refractivity contribution >= 4 is 27.8 Å². The van der Waals surface area contributed by atoms with Crippen LogP contribution in [0.3, 0.4) is 0 Å². The number of halogens is 4. The minimum Gasteiger partial charge on any atom is -0.467 e. The zero-order chi connectivity index (χ0) is 20.9. The van der Waals surface area contributed by atoms with Gasteiger partial charge in [0.2, 0.25) is 0 Å². The fraction of sp³-hybridized carbons (Fsp3) is 0.263. The van der Waals surface area contributed by atoms with E-state index in [4.69, 9.17) is 0 Å².